The summed E-state index contributed by atoms with van der Waals surface area (Å²) in [6.07, 6.45) is 14.3. The van der Waals surface area contributed by atoms with Crippen molar-refractivity contribution in [3.8, 4) is 0 Å². The number of hydrogen-bond donors (Lipinski definition) is 2. The van der Waals surface area contributed by atoms with Gasteiger partial charge in [-0.15, -0.1) is 0 Å². The number of aliphatic hydroxyl groups excluding tert-OH is 1. The van der Waals surface area contributed by atoms with E-state index in [1.54, 1.807) is 13.0 Å². The Hall–Kier alpha value is -2.78. The molecular weight excluding hydrogens is 592 g/mol. The van der Waals surface area contributed by atoms with E-state index in [0.29, 0.717) is 5.69 Å². The summed E-state index contributed by atoms with van der Waals surface area (Å²) < 4.78 is 18.3. The van der Waals surface area contributed by atoms with Crippen LogP contribution in [0.5, 0.6) is 0 Å². The van der Waals surface area contributed by atoms with Gasteiger partial charge in [-0.2, -0.15) is 0 Å². The summed E-state index contributed by atoms with van der Waals surface area (Å²) in [5.41, 5.74) is 3.31. The Morgan fingerprint density at radius 2 is 1.49 bits per heavy atom. The van der Waals surface area contributed by atoms with Crippen molar-refractivity contribution < 1.29 is 28.9 Å². The number of amides is 1. The number of hydrogen-bond acceptors (Lipinski definition) is 7. The van der Waals surface area contributed by atoms with Crippen LogP contribution in [0.25, 0.3) is 0 Å². The molecule has 0 saturated carbocycles. The van der Waals surface area contributed by atoms with Gasteiger partial charge in [-0.3, -0.25) is 9.59 Å². The van der Waals surface area contributed by atoms with E-state index in [-0.39, 0.29) is 18.8 Å². The Bertz CT molecular complexity index is 1160. The standard InChI is InChI=1S/C39H60N2O6/c1-5-7-9-11-13-15-24-41(25-16-14-12-10-8-6-2)28-36-27-37(33-22-20-32(29-42)21-23-33)47-39(46-36)34-18-17-19-35(26-34)40-38(44)30(3)45-31(4)43/h17-23,26,30,36-37,39,42H,5-16,24-25,27-29H2,1-4H3,(H,40,44). The molecule has 1 saturated heterocycles. The van der Waals surface area contributed by atoms with Crippen LogP contribution in [0.2, 0.25) is 0 Å². The van der Waals surface area contributed by atoms with E-state index in [2.05, 4.69) is 24.1 Å². The zero-order valence-electron chi connectivity index (χ0n) is 29.4. The predicted molar refractivity (Wildman–Crippen MR) is 188 cm³/mol. The molecule has 0 aliphatic carbocycles. The summed E-state index contributed by atoms with van der Waals surface area (Å²) in [4.78, 5) is 26.6. The summed E-state index contributed by atoms with van der Waals surface area (Å²) in [7, 11) is 0. The largest absolute Gasteiger partial charge is 0.453 e. The maximum atomic E-state index is 12.6. The van der Waals surface area contributed by atoms with Crippen LogP contribution in [-0.2, 0) is 30.4 Å². The molecule has 2 N–H and O–H groups in total. The van der Waals surface area contributed by atoms with E-state index in [9.17, 15) is 14.7 Å². The predicted octanol–water partition coefficient (Wildman–Crippen LogP) is 8.64. The number of anilines is 1. The van der Waals surface area contributed by atoms with Gasteiger partial charge in [0.2, 0.25) is 0 Å². The van der Waals surface area contributed by atoms with Crippen molar-refractivity contribution in [3.63, 3.8) is 0 Å². The second kappa shape index (κ2) is 22.0. The second-order valence-electron chi connectivity index (χ2n) is 13.1. The SMILES string of the molecule is CCCCCCCCN(CCCCCCCC)CC1CC(c2ccc(CO)cc2)OC(c2cccc(NC(=O)C(C)OC(C)=O)c2)O1. The zero-order valence-corrected chi connectivity index (χ0v) is 29.4. The molecular formula is C39H60N2O6. The Balaban J connectivity index is 1.75. The smallest absolute Gasteiger partial charge is 0.303 e. The topological polar surface area (TPSA) is 97.3 Å². The maximum absolute atomic E-state index is 12.6. The summed E-state index contributed by atoms with van der Waals surface area (Å²) >= 11 is 0. The van der Waals surface area contributed by atoms with Crippen molar-refractivity contribution in [1.82, 2.24) is 4.90 Å². The number of nitrogens with zero attached hydrogens (tertiary/aromatic N) is 1. The van der Waals surface area contributed by atoms with Crippen LogP contribution in [0.1, 0.15) is 140 Å². The molecule has 0 aromatic heterocycles. The third-order valence-electron chi connectivity index (χ3n) is 8.87. The summed E-state index contributed by atoms with van der Waals surface area (Å²) in [6, 6.07) is 15.4. The molecule has 8 nitrogen and oxygen atoms in total. The minimum atomic E-state index is -0.904. The van der Waals surface area contributed by atoms with Crippen LogP contribution in [0.4, 0.5) is 5.69 Å². The summed E-state index contributed by atoms with van der Waals surface area (Å²) in [6.45, 7) is 10.3. The number of aliphatic hydroxyl groups is 1. The maximum Gasteiger partial charge on any atom is 0.303 e. The van der Waals surface area contributed by atoms with Gasteiger partial charge >= 0.3 is 5.97 Å². The van der Waals surface area contributed by atoms with Gasteiger partial charge in [-0.1, -0.05) is 114 Å². The fourth-order valence-electron chi connectivity index (χ4n) is 6.16. The molecule has 1 fully saturated rings. The van der Waals surface area contributed by atoms with Gasteiger partial charge in [0.15, 0.2) is 12.4 Å². The van der Waals surface area contributed by atoms with Crippen molar-refractivity contribution in [2.24, 2.45) is 0 Å². The molecule has 8 heteroatoms. The Kier molecular flexibility index (Phi) is 18.1. The lowest BCUT2D eigenvalue weighted by Gasteiger charge is -2.38. The third kappa shape index (κ3) is 14.5. The van der Waals surface area contributed by atoms with E-state index in [1.807, 2.05) is 42.5 Å². The highest BCUT2D eigenvalue weighted by atomic mass is 16.7. The van der Waals surface area contributed by atoms with Crippen molar-refractivity contribution in [2.75, 3.05) is 25.0 Å². The number of esters is 1. The molecule has 4 atom stereocenters. The number of nitrogens with one attached hydrogen (secondary N) is 1. The number of unbranched alkanes of at least 4 members (excludes halogenated alkanes) is 10. The van der Waals surface area contributed by atoms with Crippen LogP contribution < -0.4 is 5.32 Å². The molecule has 0 bridgehead atoms. The average Bonchev–Trinajstić information content (AvgIpc) is 3.07. The molecule has 2 aromatic carbocycles. The van der Waals surface area contributed by atoms with Crippen molar-refractivity contribution in [2.45, 2.75) is 142 Å². The van der Waals surface area contributed by atoms with E-state index in [0.717, 1.165) is 42.7 Å². The highest BCUT2D eigenvalue weighted by Crippen LogP contribution is 2.38. The van der Waals surface area contributed by atoms with Crippen molar-refractivity contribution in [3.05, 3.63) is 65.2 Å². The first kappa shape index (κ1) is 38.7. The van der Waals surface area contributed by atoms with Crippen LogP contribution in [0.3, 0.4) is 0 Å². The zero-order chi connectivity index (χ0) is 33.9. The van der Waals surface area contributed by atoms with Gasteiger partial charge in [-0.25, -0.2) is 0 Å². The van der Waals surface area contributed by atoms with Crippen molar-refractivity contribution in [1.29, 1.82) is 0 Å². The number of rotatable bonds is 22. The second-order valence-corrected chi connectivity index (χ2v) is 13.1. The molecule has 4 unspecified atom stereocenters. The van der Waals surface area contributed by atoms with Gasteiger partial charge in [-0.05, 0) is 56.1 Å². The normalized spacial score (nSPS) is 18.6. The first-order valence-corrected chi connectivity index (χ1v) is 18.1. The Labute approximate surface area is 283 Å². The number of ether oxygens (including phenoxy) is 3. The van der Waals surface area contributed by atoms with Gasteiger partial charge < -0.3 is 29.5 Å². The lowest BCUT2D eigenvalue weighted by molar-refractivity contribution is -0.253. The monoisotopic (exact) mass is 652 g/mol. The molecule has 0 radical (unpaired) electrons. The van der Waals surface area contributed by atoms with Crippen LogP contribution >= 0.6 is 0 Å². The Morgan fingerprint density at radius 1 is 0.872 bits per heavy atom. The molecule has 0 spiro atoms. The molecule has 1 aliphatic rings. The molecule has 262 valence electrons. The summed E-state index contributed by atoms with van der Waals surface area (Å²) in [5, 5.41) is 12.4. The molecule has 47 heavy (non-hydrogen) atoms. The van der Waals surface area contributed by atoms with Crippen molar-refractivity contribution >= 4 is 17.6 Å². The van der Waals surface area contributed by atoms with E-state index in [4.69, 9.17) is 14.2 Å². The lowest BCUT2D eigenvalue weighted by atomic mass is 9.99. The van der Waals surface area contributed by atoms with Crippen LogP contribution in [0, 0.1) is 0 Å². The number of carbonyl (C=O) groups is 2. The number of benzene rings is 2. The fourth-order valence-corrected chi connectivity index (χ4v) is 6.16. The minimum absolute atomic E-state index is 0.000595. The highest BCUT2D eigenvalue weighted by Gasteiger charge is 2.33. The minimum Gasteiger partial charge on any atom is -0.453 e. The quantitative estimate of drug-likeness (QED) is 0.0971. The fraction of sp³-hybridized carbons (Fsp3) is 0.641. The van der Waals surface area contributed by atoms with E-state index < -0.39 is 24.3 Å². The molecule has 2 aromatic rings. The van der Waals surface area contributed by atoms with Gasteiger partial charge in [0.1, 0.15) is 0 Å². The van der Waals surface area contributed by atoms with Crippen LogP contribution in [-0.4, -0.2) is 53.7 Å². The first-order chi connectivity index (χ1) is 22.8. The Morgan fingerprint density at radius 3 is 2.09 bits per heavy atom. The van der Waals surface area contributed by atoms with Crippen LogP contribution in [0.15, 0.2) is 48.5 Å². The lowest BCUT2D eigenvalue weighted by Crippen LogP contribution is -2.40. The van der Waals surface area contributed by atoms with Gasteiger partial charge in [0, 0.05) is 31.1 Å². The van der Waals surface area contributed by atoms with Gasteiger partial charge in [0.25, 0.3) is 5.91 Å². The average molecular weight is 653 g/mol. The summed E-state index contributed by atoms with van der Waals surface area (Å²) in [5.74, 6) is -0.904. The molecule has 1 aliphatic heterocycles. The molecule has 1 heterocycles. The van der Waals surface area contributed by atoms with E-state index in [1.165, 1.54) is 84.0 Å². The number of carbonyl (C=O) groups excluding carboxylic acids is 2. The molecule has 3 rings (SSSR count). The van der Waals surface area contributed by atoms with Gasteiger partial charge in [0.05, 0.1) is 18.8 Å². The first-order valence-electron chi connectivity index (χ1n) is 18.1. The van der Waals surface area contributed by atoms with E-state index >= 15 is 0 Å². The third-order valence-corrected chi connectivity index (χ3v) is 8.87. The highest BCUT2D eigenvalue weighted by molar-refractivity contribution is 5.95. The molecule has 1 amide bonds.